The molecule has 0 saturated heterocycles. The molecule has 4 heteroatoms. The van der Waals surface area contributed by atoms with Crippen molar-refractivity contribution in [1.82, 2.24) is 5.16 Å². The van der Waals surface area contributed by atoms with E-state index in [2.05, 4.69) is 16.5 Å². The molecule has 78 valence electrons. The van der Waals surface area contributed by atoms with Crippen molar-refractivity contribution < 1.29 is 4.52 Å². The standard InChI is InChI=1S/C8H11N3O.C2H6/c1-8(2,5-9)6-4-7(10-3)12-11-6;1-2/h4,10H,1-3H3;1-2H3. The van der Waals surface area contributed by atoms with Crippen LogP contribution in [0.15, 0.2) is 10.6 Å². The van der Waals surface area contributed by atoms with Crippen molar-refractivity contribution in [2.24, 2.45) is 0 Å². The Morgan fingerprint density at radius 3 is 2.43 bits per heavy atom. The third kappa shape index (κ3) is 2.77. The maximum Gasteiger partial charge on any atom is 0.224 e. The van der Waals surface area contributed by atoms with Crippen LogP contribution in [-0.4, -0.2) is 12.2 Å². The molecule has 0 amide bonds. The normalized spacial score (nSPS) is 9.71. The van der Waals surface area contributed by atoms with Gasteiger partial charge in [0.15, 0.2) is 0 Å². The van der Waals surface area contributed by atoms with Gasteiger partial charge in [-0.05, 0) is 13.8 Å². The van der Waals surface area contributed by atoms with Gasteiger partial charge in [-0.15, -0.1) is 0 Å². The molecule has 1 heterocycles. The van der Waals surface area contributed by atoms with Crippen LogP contribution in [0.2, 0.25) is 0 Å². The largest absolute Gasteiger partial charge is 0.357 e. The van der Waals surface area contributed by atoms with E-state index in [1.807, 2.05) is 13.8 Å². The number of anilines is 1. The first-order chi connectivity index (χ1) is 6.60. The first-order valence-corrected chi connectivity index (χ1v) is 4.66. The van der Waals surface area contributed by atoms with Gasteiger partial charge in [0.1, 0.15) is 5.69 Å². The quantitative estimate of drug-likeness (QED) is 0.787. The van der Waals surface area contributed by atoms with E-state index in [1.165, 1.54) is 0 Å². The predicted molar refractivity (Wildman–Crippen MR) is 56.0 cm³/mol. The van der Waals surface area contributed by atoms with Gasteiger partial charge in [0.2, 0.25) is 5.88 Å². The van der Waals surface area contributed by atoms with Crippen molar-refractivity contribution in [2.45, 2.75) is 33.1 Å². The Balaban J connectivity index is 0.000000791. The molecule has 0 aliphatic carbocycles. The number of hydrogen-bond donors (Lipinski definition) is 1. The van der Waals surface area contributed by atoms with E-state index in [-0.39, 0.29) is 0 Å². The van der Waals surface area contributed by atoms with E-state index in [1.54, 1.807) is 27.0 Å². The summed E-state index contributed by atoms with van der Waals surface area (Å²) < 4.78 is 4.89. The van der Waals surface area contributed by atoms with E-state index in [0.29, 0.717) is 11.6 Å². The van der Waals surface area contributed by atoms with Crippen molar-refractivity contribution in [1.29, 1.82) is 5.26 Å². The van der Waals surface area contributed by atoms with Crippen LogP contribution in [0.1, 0.15) is 33.4 Å². The Morgan fingerprint density at radius 2 is 2.07 bits per heavy atom. The number of rotatable bonds is 2. The highest BCUT2D eigenvalue weighted by molar-refractivity contribution is 5.35. The zero-order chi connectivity index (χ0) is 11.2. The Bertz CT molecular complexity index is 309. The monoisotopic (exact) mass is 195 g/mol. The van der Waals surface area contributed by atoms with Gasteiger partial charge in [-0.2, -0.15) is 5.26 Å². The van der Waals surface area contributed by atoms with Crippen LogP contribution < -0.4 is 5.32 Å². The number of hydrogen-bond acceptors (Lipinski definition) is 4. The molecule has 0 unspecified atom stereocenters. The predicted octanol–water partition coefficient (Wildman–Crippen LogP) is 2.54. The van der Waals surface area contributed by atoms with Crippen molar-refractivity contribution in [3.05, 3.63) is 11.8 Å². The fourth-order valence-electron chi connectivity index (χ4n) is 0.745. The first-order valence-electron chi connectivity index (χ1n) is 4.66. The van der Waals surface area contributed by atoms with Crippen LogP contribution in [0.4, 0.5) is 5.88 Å². The molecule has 0 spiro atoms. The highest BCUT2D eigenvalue weighted by Gasteiger charge is 2.24. The maximum atomic E-state index is 8.78. The number of nitrogens with zero attached hydrogens (tertiary/aromatic N) is 2. The second-order valence-electron chi connectivity index (χ2n) is 3.06. The van der Waals surface area contributed by atoms with E-state index in [4.69, 9.17) is 9.78 Å². The van der Waals surface area contributed by atoms with Crippen LogP contribution in [-0.2, 0) is 5.41 Å². The molecule has 1 N–H and O–H groups in total. The highest BCUT2D eigenvalue weighted by atomic mass is 16.5. The average molecular weight is 195 g/mol. The molecule has 0 bridgehead atoms. The minimum Gasteiger partial charge on any atom is -0.357 e. The second-order valence-corrected chi connectivity index (χ2v) is 3.06. The molecular weight excluding hydrogens is 178 g/mol. The second kappa shape index (κ2) is 5.28. The molecule has 0 saturated carbocycles. The molecular formula is C10H17N3O. The van der Waals surface area contributed by atoms with Gasteiger partial charge in [0.25, 0.3) is 0 Å². The summed E-state index contributed by atoms with van der Waals surface area (Å²) in [5.41, 5.74) is 0.0628. The van der Waals surface area contributed by atoms with Crippen LogP contribution in [0.3, 0.4) is 0 Å². The molecule has 14 heavy (non-hydrogen) atoms. The van der Waals surface area contributed by atoms with Gasteiger partial charge >= 0.3 is 0 Å². The van der Waals surface area contributed by atoms with E-state index < -0.39 is 5.41 Å². The van der Waals surface area contributed by atoms with Gasteiger partial charge in [0.05, 0.1) is 11.5 Å². The SMILES string of the molecule is CC.CNc1cc(C(C)(C)C#N)no1. The summed E-state index contributed by atoms with van der Waals surface area (Å²) in [6, 6.07) is 3.87. The third-order valence-electron chi connectivity index (χ3n) is 1.68. The first kappa shape index (κ1) is 12.5. The zero-order valence-corrected chi connectivity index (χ0v) is 9.38. The molecule has 1 rings (SSSR count). The molecule has 0 radical (unpaired) electrons. The lowest BCUT2D eigenvalue weighted by Gasteiger charge is -2.08. The summed E-state index contributed by atoms with van der Waals surface area (Å²) in [6.45, 7) is 7.59. The van der Waals surface area contributed by atoms with Gasteiger partial charge in [0, 0.05) is 13.1 Å². The topological polar surface area (TPSA) is 61.9 Å². The molecule has 0 atom stereocenters. The molecule has 1 aromatic rings. The summed E-state index contributed by atoms with van der Waals surface area (Å²) in [6.07, 6.45) is 0. The summed E-state index contributed by atoms with van der Waals surface area (Å²) in [5.74, 6) is 0.577. The smallest absolute Gasteiger partial charge is 0.224 e. The molecule has 0 aliphatic heterocycles. The molecule has 0 fully saturated rings. The Hall–Kier alpha value is -1.50. The number of aromatic nitrogens is 1. The van der Waals surface area contributed by atoms with Gasteiger partial charge in [-0.1, -0.05) is 19.0 Å². The van der Waals surface area contributed by atoms with Crippen LogP contribution in [0.5, 0.6) is 0 Å². The average Bonchev–Trinajstić information content (AvgIpc) is 2.70. The minimum absolute atomic E-state index is 0.577. The molecule has 4 nitrogen and oxygen atoms in total. The summed E-state index contributed by atoms with van der Waals surface area (Å²) >= 11 is 0. The fourth-order valence-corrected chi connectivity index (χ4v) is 0.745. The van der Waals surface area contributed by atoms with E-state index in [0.717, 1.165) is 0 Å². The van der Waals surface area contributed by atoms with Crippen LogP contribution in [0.25, 0.3) is 0 Å². The van der Waals surface area contributed by atoms with E-state index >= 15 is 0 Å². The Labute approximate surface area is 84.9 Å². The molecule has 1 aromatic heterocycles. The summed E-state index contributed by atoms with van der Waals surface area (Å²) in [7, 11) is 1.74. The van der Waals surface area contributed by atoms with Crippen LogP contribution >= 0.6 is 0 Å². The van der Waals surface area contributed by atoms with Gasteiger partial charge in [-0.3, -0.25) is 0 Å². The Morgan fingerprint density at radius 1 is 1.50 bits per heavy atom. The number of nitrogens with one attached hydrogen (secondary N) is 1. The van der Waals surface area contributed by atoms with Gasteiger partial charge < -0.3 is 9.84 Å². The lowest BCUT2D eigenvalue weighted by atomic mass is 9.92. The van der Waals surface area contributed by atoms with Crippen molar-refractivity contribution in [2.75, 3.05) is 12.4 Å². The molecule has 0 aromatic carbocycles. The zero-order valence-electron chi connectivity index (χ0n) is 9.38. The van der Waals surface area contributed by atoms with Crippen molar-refractivity contribution in [3.63, 3.8) is 0 Å². The minimum atomic E-state index is -0.585. The summed E-state index contributed by atoms with van der Waals surface area (Å²) in [5, 5.41) is 15.4. The lowest BCUT2D eigenvalue weighted by molar-refractivity contribution is 0.413. The van der Waals surface area contributed by atoms with E-state index in [9.17, 15) is 0 Å². The van der Waals surface area contributed by atoms with Crippen LogP contribution in [0, 0.1) is 11.3 Å². The maximum absolute atomic E-state index is 8.78. The number of nitriles is 1. The van der Waals surface area contributed by atoms with Gasteiger partial charge in [-0.25, -0.2) is 0 Å². The highest BCUT2D eigenvalue weighted by Crippen LogP contribution is 2.23. The van der Waals surface area contributed by atoms with Crippen molar-refractivity contribution >= 4 is 5.88 Å². The fraction of sp³-hybridized carbons (Fsp3) is 0.600. The van der Waals surface area contributed by atoms with Crippen molar-refractivity contribution in [3.8, 4) is 6.07 Å². The third-order valence-corrected chi connectivity index (χ3v) is 1.68. The summed E-state index contributed by atoms with van der Waals surface area (Å²) in [4.78, 5) is 0. The Kier molecular flexibility index (Phi) is 4.71. The lowest BCUT2D eigenvalue weighted by Crippen LogP contribution is -2.13. The molecule has 0 aliphatic rings.